The average molecular weight is 264 g/mol. The Morgan fingerprint density at radius 1 is 1.21 bits per heavy atom. The van der Waals surface area contributed by atoms with Crippen LogP contribution in [-0.4, -0.2) is 11.6 Å². The second-order valence-electron chi connectivity index (χ2n) is 6.38. The van der Waals surface area contributed by atoms with Gasteiger partial charge < -0.3 is 0 Å². The normalized spacial score (nSPS) is 29.8. The van der Waals surface area contributed by atoms with E-state index in [0.29, 0.717) is 12.3 Å². The average Bonchev–Trinajstić information content (AvgIpc) is 3.03. The van der Waals surface area contributed by atoms with Crippen molar-refractivity contribution in [2.24, 2.45) is 22.9 Å². The van der Waals surface area contributed by atoms with Crippen LogP contribution in [0.15, 0.2) is 5.10 Å². The molecule has 0 aromatic carbocycles. The van der Waals surface area contributed by atoms with Crippen molar-refractivity contribution in [2.45, 2.75) is 71.6 Å². The first-order chi connectivity index (χ1) is 9.20. The van der Waals surface area contributed by atoms with Crippen molar-refractivity contribution in [3.63, 3.8) is 0 Å². The van der Waals surface area contributed by atoms with Gasteiger partial charge in [-0.15, -0.1) is 0 Å². The van der Waals surface area contributed by atoms with Gasteiger partial charge in [0.25, 0.3) is 0 Å². The van der Waals surface area contributed by atoms with Gasteiger partial charge in [0.1, 0.15) is 0 Å². The van der Waals surface area contributed by atoms with Crippen molar-refractivity contribution in [1.29, 1.82) is 0 Å². The molecule has 2 rings (SSSR count). The molecule has 3 nitrogen and oxygen atoms in total. The summed E-state index contributed by atoms with van der Waals surface area (Å²) in [7, 11) is 0. The molecule has 1 N–H and O–H groups in total. The smallest absolute Gasteiger partial charge is 0.240 e. The Bertz CT molecular complexity index is 338. The van der Waals surface area contributed by atoms with E-state index >= 15 is 0 Å². The summed E-state index contributed by atoms with van der Waals surface area (Å²) in [4.78, 5) is 11.7. The van der Waals surface area contributed by atoms with Gasteiger partial charge in [-0.1, -0.05) is 32.6 Å². The summed E-state index contributed by atoms with van der Waals surface area (Å²) in [6.45, 7) is 4.27. The van der Waals surface area contributed by atoms with Gasteiger partial charge in [0, 0.05) is 18.1 Å². The minimum absolute atomic E-state index is 0.0820. The molecule has 0 aromatic heterocycles. The summed E-state index contributed by atoms with van der Waals surface area (Å²) in [5.41, 5.74) is 3.89. The van der Waals surface area contributed by atoms with Gasteiger partial charge in [0.2, 0.25) is 5.91 Å². The minimum atomic E-state index is 0.0820. The highest BCUT2D eigenvalue weighted by molar-refractivity contribution is 5.86. The van der Waals surface area contributed by atoms with Gasteiger partial charge in [0.15, 0.2) is 0 Å². The van der Waals surface area contributed by atoms with Gasteiger partial charge >= 0.3 is 0 Å². The second-order valence-corrected chi connectivity index (χ2v) is 6.38. The molecule has 2 aliphatic carbocycles. The summed E-state index contributed by atoms with van der Waals surface area (Å²) in [5, 5.41) is 4.34. The summed E-state index contributed by atoms with van der Waals surface area (Å²) < 4.78 is 0. The van der Waals surface area contributed by atoms with Crippen molar-refractivity contribution < 1.29 is 4.79 Å². The summed E-state index contributed by atoms with van der Waals surface area (Å²) in [5.74, 6) is 2.50. The van der Waals surface area contributed by atoms with Crippen LogP contribution in [0.1, 0.15) is 71.6 Å². The van der Waals surface area contributed by atoms with Crippen LogP contribution >= 0.6 is 0 Å². The standard InChI is InChI=1S/C16H28N2O/c1-3-4-5-6-7-16(19)18-17-12(2)15-11-13-8-9-14(15)10-13/h13-15H,3-11H2,1-2H3,(H,18,19)/b17-12+. The molecule has 3 unspecified atom stereocenters. The predicted molar refractivity (Wildman–Crippen MR) is 78.9 cm³/mol. The molecular weight excluding hydrogens is 236 g/mol. The zero-order valence-electron chi connectivity index (χ0n) is 12.5. The van der Waals surface area contributed by atoms with Gasteiger partial charge in [0.05, 0.1) is 0 Å². The molecule has 0 radical (unpaired) electrons. The molecule has 19 heavy (non-hydrogen) atoms. The quantitative estimate of drug-likeness (QED) is 0.423. The third-order valence-corrected chi connectivity index (χ3v) is 4.89. The summed E-state index contributed by atoms with van der Waals surface area (Å²) in [6, 6.07) is 0. The molecule has 108 valence electrons. The number of unbranched alkanes of at least 4 members (excludes halogenated alkanes) is 3. The van der Waals surface area contributed by atoms with E-state index in [0.717, 1.165) is 30.4 Å². The molecule has 3 heteroatoms. The molecule has 2 fully saturated rings. The molecule has 2 saturated carbocycles. The Morgan fingerprint density at radius 3 is 2.68 bits per heavy atom. The van der Waals surface area contributed by atoms with E-state index in [9.17, 15) is 4.79 Å². The maximum atomic E-state index is 11.7. The predicted octanol–water partition coefficient (Wildman–Crippen LogP) is 3.89. The van der Waals surface area contributed by atoms with Crippen LogP contribution in [0.4, 0.5) is 0 Å². The Kier molecular flexibility index (Phi) is 5.41. The number of fused-ring (bicyclic) bond motifs is 2. The third-order valence-electron chi connectivity index (χ3n) is 4.89. The number of hydrogen-bond acceptors (Lipinski definition) is 2. The van der Waals surface area contributed by atoms with Crippen molar-refractivity contribution in [3.8, 4) is 0 Å². The van der Waals surface area contributed by atoms with Gasteiger partial charge in [-0.2, -0.15) is 5.10 Å². The number of amides is 1. The number of hydrogen-bond donors (Lipinski definition) is 1. The number of hydrazone groups is 1. The summed E-state index contributed by atoms with van der Waals surface area (Å²) in [6.07, 6.45) is 10.7. The second kappa shape index (κ2) is 7.06. The number of rotatable bonds is 7. The van der Waals surface area contributed by atoms with E-state index in [1.807, 2.05) is 0 Å². The maximum absolute atomic E-state index is 11.7. The van der Waals surface area contributed by atoms with Crippen molar-refractivity contribution in [2.75, 3.05) is 0 Å². The Labute approximate surface area is 117 Å². The zero-order chi connectivity index (χ0) is 13.7. The number of carbonyl (C=O) groups excluding carboxylic acids is 1. The Hall–Kier alpha value is -0.860. The van der Waals surface area contributed by atoms with Gasteiger partial charge in [-0.05, 0) is 44.4 Å². The highest BCUT2D eigenvalue weighted by Gasteiger charge is 2.40. The largest absolute Gasteiger partial charge is 0.273 e. The third kappa shape index (κ3) is 4.05. The molecule has 0 aliphatic heterocycles. The van der Waals surface area contributed by atoms with Crippen LogP contribution in [0, 0.1) is 17.8 Å². The van der Waals surface area contributed by atoms with Crippen LogP contribution in [0.5, 0.6) is 0 Å². The van der Waals surface area contributed by atoms with Crippen LogP contribution in [0.3, 0.4) is 0 Å². The van der Waals surface area contributed by atoms with E-state index < -0.39 is 0 Å². The van der Waals surface area contributed by atoms with Crippen molar-refractivity contribution >= 4 is 11.6 Å². The zero-order valence-corrected chi connectivity index (χ0v) is 12.5. The lowest BCUT2D eigenvalue weighted by Crippen LogP contribution is -2.24. The van der Waals surface area contributed by atoms with Crippen LogP contribution in [0.2, 0.25) is 0 Å². The lowest BCUT2D eigenvalue weighted by Gasteiger charge is -2.21. The fraction of sp³-hybridized carbons (Fsp3) is 0.875. The SMILES string of the molecule is CCCCCCC(=O)N/N=C(\C)C1CC2CCC1C2. The van der Waals surface area contributed by atoms with Crippen LogP contribution in [0.25, 0.3) is 0 Å². The molecule has 0 saturated heterocycles. The van der Waals surface area contributed by atoms with E-state index in [1.165, 1.54) is 38.5 Å². The van der Waals surface area contributed by atoms with Gasteiger partial charge in [-0.3, -0.25) is 4.79 Å². The van der Waals surface area contributed by atoms with Crippen molar-refractivity contribution in [1.82, 2.24) is 5.43 Å². The van der Waals surface area contributed by atoms with E-state index in [-0.39, 0.29) is 5.91 Å². The fourth-order valence-corrected chi connectivity index (χ4v) is 3.76. The van der Waals surface area contributed by atoms with E-state index in [2.05, 4.69) is 24.4 Å². The van der Waals surface area contributed by atoms with E-state index in [4.69, 9.17) is 0 Å². The number of carbonyl (C=O) groups is 1. The Morgan fingerprint density at radius 2 is 2.05 bits per heavy atom. The molecule has 0 spiro atoms. The topological polar surface area (TPSA) is 41.5 Å². The molecule has 0 aromatic rings. The Balaban J connectivity index is 1.68. The first-order valence-corrected chi connectivity index (χ1v) is 8.03. The van der Waals surface area contributed by atoms with Gasteiger partial charge in [-0.25, -0.2) is 5.43 Å². The molecule has 2 bridgehead atoms. The minimum Gasteiger partial charge on any atom is -0.273 e. The lowest BCUT2D eigenvalue weighted by molar-refractivity contribution is -0.121. The number of nitrogens with one attached hydrogen (secondary N) is 1. The molecule has 2 aliphatic rings. The highest BCUT2D eigenvalue weighted by Crippen LogP contribution is 2.48. The molecular formula is C16H28N2O. The fourth-order valence-electron chi connectivity index (χ4n) is 3.76. The highest BCUT2D eigenvalue weighted by atomic mass is 16.2. The molecule has 3 atom stereocenters. The first kappa shape index (κ1) is 14.5. The maximum Gasteiger partial charge on any atom is 0.240 e. The first-order valence-electron chi connectivity index (χ1n) is 8.03. The molecule has 0 heterocycles. The lowest BCUT2D eigenvalue weighted by atomic mass is 9.86. The van der Waals surface area contributed by atoms with Crippen LogP contribution < -0.4 is 5.43 Å². The summed E-state index contributed by atoms with van der Waals surface area (Å²) >= 11 is 0. The van der Waals surface area contributed by atoms with E-state index in [1.54, 1.807) is 0 Å². The molecule has 1 amide bonds. The van der Waals surface area contributed by atoms with Crippen LogP contribution in [-0.2, 0) is 4.79 Å². The monoisotopic (exact) mass is 264 g/mol. The van der Waals surface area contributed by atoms with Crippen molar-refractivity contribution in [3.05, 3.63) is 0 Å². The number of nitrogens with zero attached hydrogens (tertiary/aromatic N) is 1.